The fourth-order valence-electron chi connectivity index (χ4n) is 5.37. The summed E-state index contributed by atoms with van der Waals surface area (Å²) < 4.78 is 6.10. The third-order valence-electron chi connectivity index (χ3n) is 8.02. The monoisotopic (exact) mass is 559 g/mol. The molecule has 0 radical (unpaired) electrons. The van der Waals surface area contributed by atoms with Crippen molar-refractivity contribution in [2.75, 3.05) is 45.9 Å². The summed E-state index contributed by atoms with van der Waals surface area (Å²) in [6.07, 6.45) is 2.13. The summed E-state index contributed by atoms with van der Waals surface area (Å²) in [5.41, 5.74) is 6.74. The molecule has 0 saturated carbocycles. The summed E-state index contributed by atoms with van der Waals surface area (Å²) in [7, 11) is 0. The van der Waals surface area contributed by atoms with Gasteiger partial charge in [0, 0.05) is 19.6 Å². The number of rotatable bonds is 18. The number of hydrogen-bond donors (Lipinski definition) is 2. The molecule has 1 aliphatic heterocycles. The van der Waals surface area contributed by atoms with Crippen LogP contribution in [0.5, 0.6) is 0 Å². The lowest BCUT2D eigenvalue weighted by molar-refractivity contribution is -0.224. The van der Waals surface area contributed by atoms with Crippen molar-refractivity contribution in [2.24, 2.45) is 11.1 Å². The van der Waals surface area contributed by atoms with Gasteiger partial charge in [0.15, 0.2) is 0 Å². The molecule has 2 rings (SSSR count). The molecule has 3 N–H and O–H groups in total. The van der Waals surface area contributed by atoms with Gasteiger partial charge in [0.05, 0.1) is 18.0 Å². The van der Waals surface area contributed by atoms with Gasteiger partial charge >= 0.3 is 0 Å². The highest BCUT2D eigenvalue weighted by Crippen LogP contribution is 2.45. The molecule has 10 nitrogen and oxygen atoms in total. The van der Waals surface area contributed by atoms with E-state index < -0.39 is 17.6 Å². The average molecular weight is 560 g/mol. The number of nitrogens with two attached hydrogens (primary N) is 1. The molecule has 1 heterocycles. The number of likely N-dealkylation sites (N-methyl/N-ethyl adjacent to an activating group) is 2. The number of benzene rings is 1. The Morgan fingerprint density at radius 1 is 1.05 bits per heavy atom. The molecule has 0 aliphatic carbocycles. The van der Waals surface area contributed by atoms with Crippen LogP contribution in [0.15, 0.2) is 24.3 Å². The fourth-order valence-corrected chi connectivity index (χ4v) is 5.37. The maximum atomic E-state index is 13.3. The predicted molar refractivity (Wildman–Crippen MR) is 155 cm³/mol. The summed E-state index contributed by atoms with van der Waals surface area (Å²) in [5.74, 6) is -0.985. The number of nitrogens with zero attached hydrogens (tertiary/aromatic N) is 3. The summed E-state index contributed by atoms with van der Waals surface area (Å²) in [6.45, 7) is 13.7. The first-order chi connectivity index (χ1) is 19.1. The van der Waals surface area contributed by atoms with E-state index in [0.29, 0.717) is 39.0 Å². The Bertz CT molecular complexity index is 995. The van der Waals surface area contributed by atoms with Gasteiger partial charge in [-0.15, -0.1) is 0 Å². The van der Waals surface area contributed by atoms with Crippen molar-refractivity contribution in [1.29, 1.82) is 0 Å². The third kappa shape index (κ3) is 8.27. The van der Waals surface area contributed by atoms with Crippen LogP contribution in [-0.4, -0.2) is 90.4 Å². The van der Waals surface area contributed by atoms with E-state index in [4.69, 9.17) is 10.5 Å². The molecule has 1 aliphatic rings. The molecular weight excluding hydrogens is 510 g/mol. The van der Waals surface area contributed by atoms with E-state index in [1.807, 2.05) is 63.8 Å². The Morgan fingerprint density at radius 2 is 1.70 bits per heavy atom. The molecule has 1 fully saturated rings. The number of carbonyl (C=O) groups is 4. The largest absolute Gasteiger partial charge is 0.369 e. The summed E-state index contributed by atoms with van der Waals surface area (Å²) in [4.78, 5) is 55.7. The maximum Gasteiger partial charge on any atom is 0.248 e. The number of primary amides is 1. The maximum absolute atomic E-state index is 13.3. The van der Waals surface area contributed by atoms with Gasteiger partial charge in [-0.1, -0.05) is 63.9 Å². The van der Waals surface area contributed by atoms with Crippen molar-refractivity contribution in [1.82, 2.24) is 20.0 Å². The molecule has 40 heavy (non-hydrogen) atoms. The highest BCUT2D eigenvalue weighted by atomic mass is 16.5. The van der Waals surface area contributed by atoms with E-state index in [1.165, 1.54) is 4.90 Å². The van der Waals surface area contributed by atoms with Crippen LogP contribution in [-0.2, 0) is 23.9 Å². The van der Waals surface area contributed by atoms with Crippen LogP contribution in [0.25, 0.3) is 0 Å². The Labute approximate surface area is 239 Å². The van der Waals surface area contributed by atoms with Crippen LogP contribution >= 0.6 is 0 Å². The molecule has 0 spiro atoms. The normalized spacial score (nSPS) is 16.9. The van der Waals surface area contributed by atoms with Crippen molar-refractivity contribution >= 4 is 23.6 Å². The number of ether oxygens (including phenoxy) is 1. The minimum atomic E-state index is -0.752. The molecule has 10 heteroatoms. The Kier molecular flexibility index (Phi) is 13.1. The third-order valence-corrected chi connectivity index (χ3v) is 8.02. The first-order valence-corrected chi connectivity index (χ1v) is 14.6. The molecule has 0 aromatic heterocycles. The zero-order chi connectivity index (χ0) is 29.9. The van der Waals surface area contributed by atoms with E-state index in [1.54, 1.807) is 4.90 Å². The van der Waals surface area contributed by atoms with Crippen molar-refractivity contribution in [3.8, 4) is 0 Å². The molecule has 4 amide bonds. The lowest BCUT2D eigenvalue weighted by Gasteiger charge is -2.54. The standard InChI is InChI=1S/C30H49N5O5/c1-7-12-24(23-15-13-22(6)14-16-23)32-26(37)20-35-28(39)30(8-2,9-3)29(35)40-21-27(38)34(11-5)18-17-33(10-4)19-25(31)36/h13-16,24,29H,7-12,17-21H2,1-6H3,(H2,31,36)(H,32,37)/t24-,29+/m1/s1. The number of nitrogens with one attached hydrogen (secondary N) is 1. The smallest absolute Gasteiger partial charge is 0.248 e. The van der Waals surface area contributed by atoms with Gasteiger partial charge in [-0.05, 0) is 45.2 Å². The Hall–Kier alpha value is -2.98. The molecule has 224 valence electrons. The minimum Gasteiger partial charge on any atom is -0.369 e. The van der Waals surface area contributed by atoms with Crippen molar-refractivity contribution < 1.29 is 23.9 Å². The highest BCUT2D eigenvalue weighted by Gasteiger charge is 2.59. The van der Waals surface area contributed by atoms with E-state index in [2.05, 4.69) is 12.2 Å². The summed E-state index contributed by atoms with van der Waals surface area (Å²) in [5, 5.41) is 3.09. The number of amides is 4. The predicted octanol–water partition coefficient (Wildman–Crippen LogP) is 2.60. The van der Waals surface area contributed by atoms with Gasteiger partial charge in [-0.2, -0.15) is 0 Å². The first kappa shape index (κ1) is 33.2. The van der Waals surface area contributed by atoms with Crippen LogP contribution in [0.2, 0.25) is 0 Å². The minimum absolute atomic E-state index is 0.120. The van der Waals surface area contributed by atoms with Crippen molar-refractivity contribution in [3.05, 3.63) is 35.4 Å². The van der Waals surface area contributed by atoms with Gasteiger partial charge in [0.1, 0.15) is 19.4 Å². The van der Waals surface area contributed by atoms with Crippen LogP contribution in [0.3, 0.4) is 0 Å². The van der Waals surface area contributed by atoms with Crippen LogP contribution in [0.4, 0.5) is 0 Å². The summed E-state index contributed by atoms with van der Waals surface area (Å²) >= 11 is 0. The van der Waals surface area contributed by atoms with Crippen LogP contribution in [0.1, 0.15) is 77.5 Å². The van der Waals surface area contributed by atoms with Gasteiger partial charge in [0.2, 0.25) is 23.6 Å². The molecule has 1 aromatic rings. The van der Waals surface area contributed by atoms with E-state index in [-0.39, 0.29) is 43.5 Å². The van der Waals surface area contributed by atoms with Crippen LogP contribution in [0, 0.1) is 12.3 Å². The zero-order valence-electron chi connectivity index (χ0n) is 25.2. The van der Waals surface area contributed by atoms with E-state index in [9.17, 15) is 19.2 Å². The second kappa shape index (κ2) is 15.7. The SMILES string of the molecule is CCC[C@@H](NC(=O)CN1C(=O)C(CC)(CC)[C@@H]1OCC(=O)N(CC)CCN(CC)CC(N)=O)c1ccc(C)cc1. The molecule has 1 aromatic carbocycles. The average Bonchev–Trinajstić information content (AvgIpc) is 2.93. The second-order valence-electron chi connectivity index (χ2n) is 10.6. The van der Waals surface area contributed by atoms with E-state index >= 15 is 0 Å². The molecule has 0 bridgehead atoms. The molecule has 2 atom stereocenters. The zero-order valence-corrected chi connectivity index (χ0v) is 25.2. The second-order valence-corrected chi connectivity index (χ2v) is 10.6. The number of aryl methyl sites for hydroxylation is 1. The Balaban J connectivity index is 2.06. The number of likely N-dealkylation sites (tertiary alicyclic amines) is 1. The number of hydrogen-bond acceptors (Lipinski definition) is 6. The number of carbonyl (C=O) groups excluding carboxylic acids is 4. The Morgan fingerprint density at radius 3 is 2.23 bits per heavy atom. The van der Waals surface area contributed by atoms with Gasteiger partial charge in [-0.25, -0.2) is 0 Å². The quantitative estimate of drug-likeness (QED) is 0.266. The van der Waals surface area contributed by atoms with Crippen molar-refractivity contribution in [2.45, 2.75) is 79.5 Å². The van der Waals surface area contributed by atoms with Gasteiger partial charge < -0.3 is 25.6 Å². The lowest BCUT2D eigenvalue weighted by Crippen LogP contribution is -2.71. The molecular formula is C30H49N5O5. The first-order valence-electron chi connectivity index (χ1n) is 14.6. The van der Waals surface area contributed by atoms with Crippen molar-refractivity contribution in [3.63, 3.8) is 0 Å². The molecule has 0 unspecified atom stereocenters. The summed E-state index contributed by atoms with van der Waals surface area (Å²) in [6, 6.07) is 7.95. The van der Waals surface area contributed by atoms with Crippen LogP contribution < -0.4 is 11.1 Å². The van der Waals surface area contributed by atoms with Gasteiger partial charge in [0.25, 0.3) is 0 Å². The van der Waals surface area contributed by atoms with Gasteiger partial charge in [-0.3, -0.25) is 24.1 Å². The highest BCUT2D eigenvalue weighted by molar-refractivity contribution is 5.93. The number of β-lactam (4-membered cyclic amide) rings is 1. The topological polar surface area (TPSA) is 125 Å². The fraction of sp³-hybridized carbons (Fsp3) is 0.667. The van der Waals surface area contributed by atoms with E-state index in [0.717, 1.165) is 24.0 Å². The lowest BCUT2D eigenvalue weighted by atomic mass is 9.71. The molecule has 1 saturated heterocycles.